The van der Waals surface area contributed by atoms with Gasteiger partial charge < -0.3 is 11.1 Å². The summed E-state index contributed by atoms with van der Waals surface area (Å²) >= 11 is 5.66. The molecular formula is C14H10ClF3N2O. The number of rotatable bonds is 2. The van der Waals surface area contributed by atoms with Gasteiger partial charge in [-0.25, -0.2) is 13.2 Å². The molecule has 0 aliphatic heterocycles. The summed E-state index contributed by atoms with van der Waals surface area (Å²) in [6, 6.07) is 3.65. The second-order valence-electron chi connectivity index (χ2n) is 4.37. The molecule has 0 saturated heterocycles. The fourth-order valence-corrected chi connectivity index (χ4v) is 1.92. The molecule has 3 nitrogen and oxygen atoms in total. The normalized spacial score (nSPS) is 10.5. The molecule has 110 valence electrons. The van der Waals surface area contributed by atoms with Crippen molar-refractivity contribution in [3.63, 3.8) is 0 Å². The number of benzene rings is 2. The lowest BCUT2D eigenvalue weighted by Gasteiger charge is -2.10. The maximum atomic E-state index is 13.6. The molecule has 7 heteroatoms. The average Bonchev–Trinajstić information content (AvgIpc) is 2.39. The Kier molecular flexibility index (Phi) is 4.09. The summed E-state index contributed by atoms with van der Waals surface area (Å²) in [4.78, 5) is 12.0. The first-order valence-corrected chi connectivity index (χ1v) is 6.19. The van der Waals surface area contributed by atoms with Crippen LogP contribution in [0.1, 0.15) is 15.9 Å². The number of hydrogen-bond acceptors (Lipinski definition) is 2. The number of hydrogen-bond donors (Lipinski definition) is 2. The average molecular weight is 315 g/mol. The molecule has 0 aliphatic carbocycles. The van der Waals surface area contributed by atoms with E-state index in [0.29, 0.717) is 6.07 Å². The van der Waals surface area contributed by atoms with Crippen LogP contribution < -0.4 is 11.1 Å². The van der Waals surface area contributed by atoms with Crippen LogP contribution >= 0.6 is 11.6 Å². The van der Waals surface area contributed by atoms with Crippen molar-refractivity contribution in [2.75, 3.05) is 11.1 Å². The Bertz CT molecular complexity index is 688. The minimum absolute atomic E-state index is 0.0887. The predicted molar refractivity (Wildman–Crippen MR) is 74.9 cm³/mol. The van der Waals surface area contributed by atoms with Gasteiger partial charge in [-0.15, -0.1) is 0 Å². The third kappa shape index (κ3) is 3.11. The van der Waals surface area contributed by atoms with Crippen LogP contribution in [-0.4, -0.2) is 5.91 Å². The van der Waals surface area contributed by atoms with Crippen LogP contribution in [0.2, 0.25) is 5.02 Å². The molecule has 0 heterocycles. The summed E-state index contributed by atoms with van der Waals surface area (Å²) in [5, 5.41) is 1.86. The molecule has 0 spiro atoms. The fraction of sp³-hybridized carbons (Fsp3) is 0.0714. The fourth-order valence-electron chi connectivity index (χ4n) is 1.68. The Morgan fingerprint density at radius 3 is 2.38 bits per heavy atom. The van der Waals surface area contributed by atoms with Gasteiger partial charge in [-0.05, 0) is 25.1 Å². The Hall–Kier alpha value is -2.21. The van der Waals surface area contributed by atoms with Crippen molar-refractivity contribution >= 4 is 28.9 Å². The smallest absolute Gasteiger partial charge is 0.255 e. The number of carbonyl (C=O) groups excluding carboxylic acids is 1. The van der Waals surface area contributed by atoms with Crippen LogP contribution in [0.15, 0.2) is 24.3 Å². The highest BCUT2D eigenvalue weighted by molar-refractivity contribution is 6.34. The van der Waals surface area contributed by atoms with E-state index in [4.69, 9.17) is 17.3 Å². The number of anilines is 2. The number of carbonyl (C=O) groups is 1. The Balaban J connectivity index is 2.35. The number of nitrogens with two attached hydrogens (primary N) is 1. The molecule has 2 rings (SSSR count). The number of amides is 1. The monoisotopic (exact) mass is 314 g/mol. The third-order valence-corrected chi connectivity index (χ3v) is 3.19. The largest absolute Gasteiger partial charge is 0.398 e. The van der Waals surface area contributed by atoms with E-state index >= 15 is 0 Å². The van der Waals surface area contributed by atoms with Crippen LogP contribution in [0.4, 0.5) is 24.5 Å². The van der Waals surface area contributed by atoms with Gasteiger partial charge in [-0.3, -0.25) is 4.79 Å². The zero-order chi connectivity index (χ0) is 15.7. The van der Waals surface area contributed by atoms with Crippen molar-refractivity contribution in [3.8, 4) is 0 Å². The van der Waals surface area contributed by atoms with Crippen molar-refractivity contribution in [2.24, 2.45) is 0 Å². The Morgan fingerprint density at radius 1 is 1.14 bits per heavy atom. The highest BCUT2D eigenvalue weighted by atomic mass is 35.5. The van der Waals surface area contributed by atoms with Crippen LogP contribution in [0, 0.1) is 24.4 Å². The molecule has 2 aromatic carbocycles. The van der Waals surface area contributed by atoms with Crippen molar-refractivity contribution < 1.29 is 18.0 Å². The lowest BCUT2D eigenvalue weighted by molar-refractivity contribution is 0.102. The van der Waals surface area contributed by atoms with Gasteiger partial charge in [0.05, 0.1) is 10.7 Å². The third-order valence-electron chi connectivity index (χ3n) is 2.89. The van der Waals surface area contributed by atoms with E-state index in [-0.39, 0.29) is 27.5 Å². The van der Waals surface area contributed by atoms with Crippen molar-refractivity contribution in [3.05, 3.63) is 57.9 Å². The molecule has 0 saturated carbocycles. The van der Waals surface area contributed by atoms with Crippen molar-refractivity contribution in [1.82, 2.24) is 0 Å². The first kappa shape index (κ1) is 15.2. The number of nitrogens with one attached hydrogen (secondary N) is 1. The van der Waals surface area contributed by atoms with Gasteiger partial charge in [-0.1, -0.05) is 11.6 Å². The van der Waals surface area contributed by atoms with E-state index in [2.05, 4.69) is 5.32 Å². The van der Waals surface area contributed by atoms with Gasteiger partial charge in [0.1, 0.15) is 11.6 Å². The standard InChI is InChI=1S/C14H10ClF3N2O/c1-6-10(17)2-7(3-12(6)19)14(21)20-13-9(15)4-8(16)5-11(13)18/h2-5H,19H2,1H3,(H,20,21). The zero-order valence-electron chi connectivity index (χ0n) is 10.8. The second kappa shape index (κ2) is 5.65. The molecule has 0 aromatic heterocycles. The minimum Gasteiger partial charge on any atom is -0.398 e. The maximum absolute atomic E-state index is 13.6. The van der Waals surface area contributed by atoms with E-state index in [1.54, 1.807) is 0 Å². The SMILES string of the molecule is Cc1c(N)cc(C(=O)Nc2c(F)cc(F)cc2Cl)cc1F. The Morgan fingerprint density at radius 2 is 1.81 bits per heavy atom. The topological polar surface area (TPSA) is 55.1 Å². The summed E-state index contributed by atoms with van der Waals surface area (Å²) in [7, 11) is 0. The summed E-state index contributed by atoms with van der Waals surface area (Å²) in [5.41, 5.74) is 5.37. The van der Waals surface area contributed by atoms with Gasteiger partial charge in [0.15, 0.2) is 5.82 Å². The lowest BCUT2D eigenvalue weighted by atomic mass is 10.1. The van der Waals surface area contributed by atoms with E-state index in [1.165, 1.54) is 13.0 Å². The van der Waals surface area contributed by atoms with Crippen LogP contribution in [0.5, 0.6) is 0 Å². The maximum Gasteiger partial charge on any atom is 0.255 e. The predicted octanol–water partition coefficient (Wildman–Crippen LogP) is 3.90. The molecule has 0 atom stereocenters. The first-order chi connectivity index (χ1) is 9.79. The molecule has 2 aromatic rings. The number of halogens is 4. The summed E-state index contributed by atoms with van der Waals surface area (Å²) in [6.45, 7) is 1.46. The zero-order valence-corrected chi connectivity index (χ0v) is 11.6. The van der Waals surface area contributed by atoms with Gasteiger partial charge in [0, 0.05) is 22.9 Å². The van der Waals surface area contributed by atoms with Gasteiger partial charge in [0.2, 0.25) is 0 Å². The first-order valence-electron chi connectivity index (χ1n) is 5.81. The quantitative estimate of drug-likeness (QED) is 0.826. The lowest BCUT2D eigenvalue weighted by Crippen LogP contribution is -2.14. The molecule has 0 fully saturated rings. The van der Waals surface area contributed by atoms with Crippen LogP contribution in [-0.2, 0) is 0 Å². The molecule has 0 unspecified atom stereocenters. The second-order valence-corrected chi connectivity index (χ2v) is 4.78. The summed E-state index contributed by atoms with van der Waals surface area (Å²) in [6.07, 6.45) is 0. The van der Waals surface area contributed by atoms with E-state index in [0.717, 1.165) is 12.1 Å². The molecule has 0 radical (unpaired) electrons. The van der Waals surface area contributed by atoms with Crippen LogP contribution in [0.25, 0.3) is 0 Å². The van der Waals surface area contributed by atoms with Gasteiger partial charge in [-0.2, -0.15) is 0 Å². The molecule has 1 amide bonds. The summed E-state index contributed by atoms with van der Waals surface area (Å²) in [5.74, 6) is -3.38. The van der Waals surface area contributed by atoms with E-state index in [1.807, 2.05) is 0 Å². The molecule has 0 aliphatic rings. The Labute approximate surface area is 123 Å². The van der Waals surface area contributed by atoms with Gasteiger partial charge >= 0.3 is 0 Å². The number of nitrogen functional groups attached to an aromatic ring is 1. The van der Waals surface area contributed by atoms with E-state index < -0.39 is 23.4 Å². The van der Waals surface area contributed by atoms with Crippen molar-refractivity contribution in [2.45, 2.75) is 6.92 Å². The highest BCUT2D eigenvalue weighted by Crippen LogP contribution is 2.27. The molecular weight excluding hydrogens is 305 g/mol. The molecule has 0 bridgehead atoms. The van der Waals surface area contributed by atoms with Gasteiger partial charge in [0.25, 0.3) is 5.91 Å². The molecule has 21 heavy (non-hydrogen) atoms. The highest BCUT2D eigenvalue weighted by Gasteiger charge is 2.16. The van der Waals surface area contributed by atoms with Crippen LogP contribution in [0.3, 0.4) is 0 Å². The van der Waals surface area contributed by atoms with Crippen molar-refractivity contribution in [1.29, 1.82) is 0 Å². The van der Waals surface area contributed by atoms with E-state index in [9.17, 15) is 18.0 Å². The summed E-state index contributed by atoms with van der Waals surface area (Å²) < 4.78 is 40.0. The minimum atomic E-state index is -1.03. The molecule has 3 N–H and O–H groups in total.